The summed E-state index contributed by atoms with van der Waals surface area (Å²) in [6, 6.07) is 17.2. The quantitative estimate of drug-likeness (QED) is 0.459. The number of rotatable bonds is 6. The fourth-order valence-electron chi connectivity index (χ4n) is 2.98. The maximum absolute atomic E-state index is 12.4. The van der Waals surface area contributed by atoms with E-state index < -0.39 is 24.3 Å². The lowest BCUT2D eigenvalue weighted by molar-refractivity contribution is -0.137. The first-order chi connectivity index (χ1) is 15.4. The lowest BCUT2D eigenvalue weighted by Crippen LogP contribution is -2.25. The second-order valence-corrected chi connectivity index (χ2v) is 7.17. The lowest BCUT2D eigenvalue weighted by atomic mass is 10.1. The van der Waals surface area contributed by atoms with Crippen LogP contribution < -0.4 is 11.0 Å². The fourth-order valence-corrected chi connectivity index (χ4v) is 3.22. The van der Waals surface area contributed by atoms with Crippen LogP contribution in [0.1, 0.15) is 5.56 Å². The maximum Gasteiger partial charge on any atom is 0.411 e. The average Bonchev–Trinajstić information content (AvgIpc) is 3.07. The molecule has 10 nitrogen and oxygen atoms in total. The molecule has 2 N–H and O–H groups in total. The fraction of sp³-hybridized carbons (Fsp3) is 0.0952. The molecule has 11 heteroatoms. The summed E-state index contributed by atoms with van der Waals surface area (Å²) in [5.74, 6) is -1.19. The van der Waals surface area contributed by atoms with Gasteiger partial charge in [0.05, 0.1) is 5.69 Å². The number of aliphatic carboxylic acids is 1. The molecule has 0 aliphatic heterocycles. The molecule has 4 aromatic rings. The molecule has 2 aromatic heterocycles. The van der Waals surface area contributed by atoms with E-state index in [1.807, 2.05) is 30.3 Å². The number of carboxylic acid groups (broad SMARTS) is 1. The number of aromatic nitrogens is 4. The number of carboxylic acids is 1. The van der Waals surface area contributed by atoms with Gasteiger partial charge in [0.25, 0.3) is 0 Å². The van der Waals surface area contributed by atoms with E-state index in [9.17, 15) is 14.4 Å². The van der Waals surface area contributed by atoms with Crippen LogP contribution in [0.4, 0.5) is 10.5 Å². The molecule has 0 bridgehead atoms. The smallest absolute Gasteiger partial charge is 0.411 e. The van der Waals surface area contributed by atoms with Gasteiger partial charge in [-0.15, -0.1) is 5.10 Å². The summed E-state index contributed by atoms with van der Waals surface area (Å²) in [6.07, 6.45) is -0.656. The first-order valence-corrected chi connectivity index (χ1v) is 9.74. The van der Waals surface area contributed by atoms with E-state index in [0.29, 0.717) is 22.0 Å². The minimum Gasteiger partial charge on any atom is -0.480 e. The number of anilines is 1. The molecule has 0 unspecified atom stereocenters. The van der Waals surface area contributed by atoms with Crippen molar-refractivity contribution in [3.8, 4) is 11.3 Å². The highest BCUT2D eigenvalue weighted by atomic mass is 35.5. The van der Waals surface area contributed by atoms with Crippen molar-refractivity contribution in [2.45, 2.75) is 13.2 Å². The maximum atomic E-state index is 12.4. The van der Waals surface area contributed by atoms with Gasteiger partial charge in [0.15, 0.2) is 5.65 Å². The van der Waals surface area contributed by atoms with Gasteiger partial charge in [0.1, 0.15) is 13.2 Å². The Hall–Kier alpha value is -4.18. The Morgan fingerprint density at radius 1 is 1.06 bits per heavy atom. The molecule has 0 aliphatic carbocycles. The van der Waals surface area contributed by atoms with Crippen LogP contribution >= 0.6 is 11.6 Å². The number of hydrogen-bond donors (Lipinski definition) is 2. The number of nitrogens with zero attached hydrogens (tertiary/aromatic N) is 4. The highest BCUT2D eigenvalue weighted by Crippen LogP contribution is 2.26. The summed E-state index contributed by atoms with van der Waals surface area (Å²) in [4.78, 5) is 35.4. The number of amides is 1. The second-order valence-electron chi connectivity index (χ2n) is 6.74. The number of carbonyl (C=O) groups excluding carboxylic acids is 1. The minimum absolute atomic E-state index is 0.113. The van der Waals surface area contributed by atoms with Crippen molar-refractivity contribution in [1.29, 1.82) is 0 Å². The van der Waals surface area contributed by atoms with Gasteiger partial charge in [-0.1, -0.05) is 41.9 Å². The molecule has 0 atom stereocenters. The van der Waals surface area contributed by atoms with Gasteiger partial charge in [-0.3, -0.25) is 10.1 Å². The molecule has 0 saturated carbocycles. The van der Waals surface area contributed by atoms with Gasteiger partial charge in [-0.2, -0.15) is 14.3 Å². The van der Waals surface area contributed by atoms with Gasteiger partial charge in [0.2, 0.25) is 0 Å². The third-order valence-electron chi connectivity index (χ3n) is 4.38. The number of fused-ring (bicyclic) bond motifs is 1. The van der Waals surface area contributed by atoms with Crippen LogP contribution in [-0.2, 0) is 22.7 Å². The van der Waals surface area contributed by atoms with Crippen molar-refractivity contribution in [3.05, 3.63) is 81.7 Å². The lowest BCUT2D eigenvalue weighted by Gasteiger charge is -2.09. The normalized spacial score (nSPS) is 10.8. The summed E-state index contributed by atoms with van der Waals surface area (Å²) >= 11 is 6.20. The summed E-state index contributed by atoms with van der Waals surface area (Å²) in [6.45, 7) is -0.463. The molecule has 1 amide bonds. The van der Waals surface area contributed by atoms with Crippen LogP contribution in [0.25, 0.3) is 16.9 Å². The van der Waals surface area contributed by atoms with E-state index in [-0.39, 0.29) is 12.3 Å². The molecular weight excluding hydrogens is 438 g/mol. The molecule has 0 fully saturated rings. The van der Waals surface area contributed by atoms with E-state index in [1.165, 1.54) is 6.07 Å². The topological polar surface area (TPSA) is 128 Å². The molecule has 4 rings (SSSR count). The standard InChI is InChI=1S/C21H16ClN5O5/c22-15-8-14(9-16(10-15)23-20(30)32-12-13-4-2-1-3-5-13)17-6-7-18-25-26(11-19(28)29)21(31)27(18)24-17/h1-10H,11-12H2,(H,23,30)(H,28,29). The van der Waals surface area contributed by atoms with Gasteiger partial charge >= 0.3 is 17.8 Å². The average molecular weight is 454 g/mol. The Labute approximate surface area is 185 Å². The van der Waals surface area contributed by atoms with Crippen LogP contribution in [-0.4, -0.2) is 36.6 Å². The van der Waals surface area contributed by atoms with Crippen LogP contribution in [0.3, 0.4) is 0 Å². The number of hydrogen-bond acceptors (Lipinski definition) is 6. The third-order valence-corrected chi connectivity index (χ3v) is 4.60. The predicted molar refractivity (Wildman–Crippen MR) is 116 cm³/mol. The molecule has 2 heterocycles. The predicted octanol–water partition coefficient (Wildman–Crippen LogP) is 3.04. The molecule has 0 spiro atoms. The molecule has 32 heavy (non-hydrogen) atoms. The summed E-state index contributed by atoms with van der Waals surface area (Å²) < 4.78 is 7.02. The summed E-state index contributed by atoms with van der Waals surface area (Å²) in [5, 5.41) is 20.0. The van der Waals surface area contributed by atoms with Crippen LogP contribution in [0.5, 0.6) is 0 Å². The molecule has 0 saturated heterocycles. The first-order valence-electron chi connectivity index (χ1n) is 9.36. The molecular formula is C21H16ClN5O5. The molecule has 2 aromatic carbocycles. The molecule has 162 valence electrons. The van der Waals surface area contributed by atoms with Crippen molar-refractivity contribution in [2.24, 2.45) is 0 Å². The number of carbonyl (C=O) groups is 2. The number of ether oxygens (including phenoxy) is 1. The van der Waals surface area contributed by atoms with E-state index in [1.54, 1.807) is 24.3 Å². The zero-order valence-corrected chi connectivity index (χ0v) is 17.2. The zero-order chi connectivity index (χ0) is 22.7. The van der Waals surface area contributed by atoms with Gasteiger partial charge in [-0.05, 0) is 35.9 Å². The second kappa shape index (κ2) is 8.90. The summed E-state index contributed by atoms with van der Waals surface area (Å²) in [5.41, 5.74) is 1.63. The van der Waals surface area contributed by atoms with Crippen molar-refractivity contribution in [3.63, 3.8) is 0 Å². The molecule has 0 radical (unpaired) electrons. The third kappa shape index (κ3) is 4.76. The minimum atomic E-state index is -1.19. The van der Waals surface area contributed by atoms with E-state index in [0.717, 1.165) is 14.8 Å². The number of halogens is 1. The Morgan fingerprint density at radius 2 is 1.84 bits per heavy atom. The highest BCUT2D eigenvalue weighted by molar-refractivity contribution is 6.31. The Balaban J connectivity index is 1.56. The Morgan fingerprint density at radius 3 is 2.59 bits per heavy atom. The van der Waals surface area contributed by atoms with Crippen molar-refractivity contribution in [1.82, 2.24) is 19.4 Å². The summed E-state index contributed by atoms with van der Waals surface area (Å²) in [7, 11) is 0. The largest absolute Gasteiger partial charge is 0.480 e. The Bertz CT molecular complexity index is 1370. The first kappa shape index (κ1) is 21.1. The van der Waals surface area contributed by atoms with Gasteiger partial charge in [-0.25, -0.2) is 9.59 Å². The van der Waals surface area contributed by atoms with E-state index in [4.69, 9.17) is 21.4 Å². The van der Waals surface area contributed by atoms with Gasteiger partial charge < -0.3 is 9.84 Å². The Kier molecular flexibility index (Phi) is 5.86. The van der Waals surface area contributed by atoms with Crippen LogP contribution in [0, 0.1) is 0 Å². The number of nitrogens with one attached hydrogen (secondary N) is 1. The van der Waals surface area contributed by atoms with E-state index in [2.05, 4.69) is 15.5 Å². The van der Waals surface area contributed by atoms with Crippen molar-refractivity contribution in [2.75, 3.05) is 5.32 Å². The van der Waals surface area contributed by atoms with Crippen LogP contribution in [0.15, 0.2) is 65.5 Å². The van der Waals surface area contributed by atoms with Gasteiger partial charge in [0, 0.05) is 16.3 Å². The van der Waals surface area contributed by atoms with E-state index >= 15 is 0 Å². The van der Waals surface area contributed by atoms with Crippen molar-refractivity contribution < 1.29 is 19.4 Å². The zero-order valence-electron chi connectivity index (χ0n) is 16.4. The number of benzene rings is 2. The highest BCUT2D eigenvalue weighted by Gasteiger charge is 2.13. The van der Waals surface area contributed by atoms with Crippen molar-refractivity contribution >= 4 is 35.0 Å². The SMILES string of the molecule is O=C(O)Cn1nc2ccc(-c3cc(Cl)cc(NC(=O)OCc4ccccc4)c3)nn2c1=O. The van der Waals surface area contributed by atoms with Crippen LogP contribution in [0.2, 0.25) is 5.02 Å². The monoisotopic (exact) mass is 453 g/mol. The molecule has 0 aliphatic rings.